The molecule has 2 unspecified atom stereocenters. The van der Waals surface area contributed by atoms with E-state index in [1.54, 1.807) is 0 Å². The summed E-state index contributed by atoms with van der Waals surface area (Å²) in [7, 11) is 0. The van der Waals surface area contributed by atoms with Crippen LogP contribution in [0.3, 0.4) is 0 Å². The molecule has 1 rings (SSSR count). The molecule has 0 aromatic rings. The van der Waals surface area contributed by atoms with Crippen molar-refractivity contribution in [3.05, 3.63) is 0 Å². The van der Waals surface area contributed by atoms with Crippen LogP contribution >= 0.6 is 0 Å². The van der Waals surface area contributed by atoms with Gasteiger partial charge in [-0.15, -0.1) is 0 Å². The van der Waals surface area contributed by atoms with E-state index in [4.69, 9.17) is 4.74 Å². The van der Waals surface area contributed by atoms with Gasteiger partial charge in [0.15, 0.2) is 0 Å². The normalized spacial score (nSPS) is 43.0. The minimum atomic E-state index is -0.542. The van der Waals surface area contributed by atoms with Crippen molar-refractivity contribution in [3.8, 4) is 0 Å². The van der Waals surface area contributed by atoms with Crippen molar-refractivity contribution in [2.24, 2.45) is 5.92 Å². The van der Waals surface area contributed by atoms with Gasteiger partial charge in [-0.1, -0.05) is 13.8 Å². The topological polar surface area (TPSA) is 29.5 Å². The van der Waals surface area contributed by atoms with Gasteiger partial charge in [-0.3, -0.25) is 0 Å². The molecule has 54 valence electrons. The monoisotopic (exact) mass is 130 g/mol. The van der Waals surface area contributed by atoms with Crippen LogP contribution in [0.1, 0.15) is 20.8 Å². The zero-order valence-corrected chi connectivity index (χ0v) is 6.22. The van der Waals surface area contributed by atoms with Gasteiger partial charge in [0.2, 0.25) is 0 Å². The summed E-state index contributed by atoms with van der Waals surface area (Å²) in [6.45, 7) is 6.44. The summed E-state index contributed by atoms with van der Waals surface area (Å²) in [5, 5.41) is 9.63. The van der Waals surface area contributed by atoms with E-state index in [0.717, 1.165) is 0 Å². The molecule has 1 aliphatic rings. The van der Waals surface area contributed by atoms with Crippen LogP contribution in [0.5, 0.6) is 0 Å². The van der Waals surface area contributed by atoms with Gasteiger partial charge >= 0.3 is 0 Å². The fourth-order valence-corrected chi connectivity index (χ4v) is 1.06. The van der Waals surface area contributed by atoms with Crippen LogP contribution in [-0.2, 0) is 4.74 Å². The van der Waals surface area contributed by atoms with Gasteiger partial charge in [-0.05, 0) is 12.8 Å². The zero-order chi connectivity index (χ0) is 7.07. The lowest BCUT2D eigenvalue weighted by Gasteiger charge is -2.46. The quantitative estimate of drug-likeness (QED) is 0.568. The number of ether oxygens (including phenoxy) is 1. The molecule has 0 aliphatic carbocycles. The summed E-state index contributed by atoms with van der Waals surface area (Å²) < 4.78 is 5.06. The van der Waals surface area contributed by atoms with E-state index in [0.29, 0.717) is 12.5 Å². The van der Waals surface area contributed by atoms with Gasteiger partial charge in [0.25, 0.3) is 0 Å². The third kappa shape index (κ3) is 0.864. The standard InChI is InChI=1S/C7H14O2/c1-5(2)7(8)4-9-6(7)3/h5-6,8H,4H2,1-3H3. The van der Waals surface area contributed by atoms with Gasteiger partial charge in [0.1, 0.15) is 5.60 Å². The molecular formula is C7H14O2. The Morgan fingerprint density at radius 3 is 2.22 bits per heavy atom. The molecule has 0 aromatic carbocycles. The molecule has 0 bridgehead atoms. The maximum absolute atomic E-state index is 9.63. The molecule has 0 amide bonds. The van der Waals surface area contributed by atoms with Crippen LogP contribution in [0, 0.1) is 5.92 Å². The molecule has 9 heavy (non-hydrogen) atoms. The minimum Gasteiger partial charge on any atom is -0.384 e. The lowest BCUT2D eigenvalue weighted by atomic mass is 9.82. The van der Waals surface area contributed by atoms with Gasteiger partial charge in [-0.2, -0.15) is 0 Å². The first kappa shape index (κ1) is 7.03. The lowest BCUT2D eigenvalue weighted by Crippen LogP contribution is -2.60. The molecule has 1 N–H and O–H groups in total. The predicted octanol–water partition coefficient (Wildman–Crippen LogP) is 0.792. The van der Waals surface area contributed by atoms with Crippen molar-refractivity contribution in [2.45, 2.75) is 32.5 Å². The maximum atomic E-state index is 9.63. The third-order valence-corrected chi connectivity index (χ3v) is 2.27. The van der Waals surface area contributed by atoms with E-state index in [1.807, 2.05) is 20.8 Å². The van der Waals surface area contributed by atoms with E-state index < -0.39 is 5.60 Å². The van der Waals surface area contributed by atoms with Crippen LogP contribution in [0.25, 0.3) is 0 Å². The average molecular weight is 130 g/mol. The summed E-state index contributed by atoms with van der Waals surface area (Å²) in [4.78, 5) is 0. The predicted molar refractivity (Wildman–Crippen MR) is 35.2 cm³/mol. The number of hydrogen-bond acceptors (Lipinski definition) is 2. The molecule has 2 nitrogen and oxygen atoms in total. The first-order valence-corrected chi connectivity index (χ1v) is 3.41. The highest BCUT2D eigenvalue weighted by Crippen LogP contribution is 2.31. The SMILES string of the molecule is CC(C)C1(O)COC1C. The van der Waals surface area contributed by atoms with E-state index in [-0.39, 0.29) is 6.10 Å². The fourth-order valence-electron chi connectivity index (χ4n) is 1.06. The summed E-state index contributed by atoms with van der Waals surface area (Å²) in [5.74, 6) is 0.307. The first-order valence-electron chi connectivity index (χ1n) is 3.41. The van der Waals surface area contributed by atoms with Crippen molar-refractivity contribution in [1.82, 2.24) is 0 Å². The second-order valence-corrected chi connectivity index (χ2v) is 3.10. The summed E-state index contributed by atoms with van der Waals surface area (Å²) >= 11 is 0. The smallest absolute Gasteiger partial charge is 0.116 e. The molecular weight excluding hydrogens is 116 g/mol. The van der Waals surface area contributed by atoms with Crippen LogP contribution < -0.4 is 0 Å². The largest absolute Gasteiger partial charge is 0.384 e. The van der Waals surface area contributed by atoms with Crippen molar-refractivity contribution in [2.75, 3.05) is 6.61 Å². The molecule has 0 saturated carbocycles. The van der Waals surface area contributed by atoms with Crippen molar-refractivity contribution in [1.29, 1.82) is 0 Å². The molecule has 1 aliphatic heterocycles. The Kier molecular flexibility index (Phi) is 1.53. The molecule has 1 heterocycles. The Morgan fingerprint density at radius 1 is 1.67 bits per heavy atom. The van der Waals surface area contributed by atoms with Crippen molar-refractivity contribution in [3.63, 3.8) is 0 Å². The third-order valence-electron chi connectivity index (χ3n) is 2.27. The number of aliphatic hydroxyl groups is 1. The van der Waals surface area contributed by atoms with Crippen LogP contribution in [0.15, 0.2) is 0 Å². The Balaban J connectivity index is 2.53. The second-order valence-electron chi connectivity index (χ2n) is 3.10. The molecule has 1 saturated heterocycles. The molecule has 2 heteroatoms. The Morgan fingerprint density at radius 2 is 2.22 bits per heavy atom. The Hall–Kier alpha value is -0.0800. The number of rotatable bonds is 1. The molecule has 0 aromatic heterocycles. The Labute approximate surface area is 55.8 Å². The molecule has 2 atom stereocenters. The lowest BCUT2D eigenvalue weighted by molar-refractivity contribution is -0.249. The molecule has 0 radical (unpaired) electrons. The highest BCUT2D eigenvalue weighted by Gasteiger charge is 2.46. The van der Waals surface area contributed by atoms with E-state index >= 15 is 0 Å². The van der Waals surface area contributed by atoms with Gasteiger partial charge in [0.05, 0.1) is 12.7 Å². The first-order chi connectivity index (χ1) is 4.07. The fraction of sp³-hybridized carbons (Fsp3) is 1.00. The van der Waals surface area contributed by atoms with Crippen molar-refractivity contribution >= 4 is 0 Å². The average Bonchev–Trinajstić information content (AvgIpc) is 1.82. The summed E-state index contributed by atoms with van der Waals surface area (Å²) in [6.07, 6.45) is 0.0255. The minimum absolute atomic E-state index is 0.0255. The van der Waals surface area contributed by atoms with E-state index in [1.165, 1.54) is 0 Å². The molecule has 0 spiro atoms. The van der Waals surface area contributed by atoms with Crippen LogP contribution in [0.4, 0.5) is 0 Å². The van der Waals surface area contributed by atoms with E-state index in [2.05, 4.69) is 0 Å². The zero-order valence-electron chi connectivity index (χ0n) is 6.22. The van der Waals surface area contributed by atoms with E-state index in [9.17, 15) is 5.11 Å². The van der Waals surface area contributed by atoms with Gasteiger partial charge in [0, 0.05) is 0 Å². The Bertz CT molecular complexity index is 105. The maximum Gasteiger partial charge on any atom is 0.116 e. The second kappa shape index (κ2) is 1.96. The van der Waals surface area contributed by atoms with Gasteiger partial charge in [-0.25, -0.2) is 0 Å². The summed E-state index contributed by atoms with van der Waals surface area (Å²) in [6, 6.07) is 0. The summed E-state index contributed by atoms with van der Waals surface area (Å²) in [5.41, 5.74) is -0.542. The highest BCUT2D eigenvalue weighted by atomic mass is 16.6. The highest BCUT2D eigenvalue weighted by molar-refractivity contribution is 4.94. The van der Waals surface area contributed by atoms with Crippen LogP contribution in [0.2, 0.25) is 0 Å². The van der Waals surface area contributed by atoms with Gasteiger partial charge < -0.3 is 9.84 Å². The van der Waals surface area contributed by atoms with Crippen LogP contribution in [-0.4, -0.2) is 23.4 Å². The number of hydrogen-bond donors (Lipinski definition) is 1. The molecule has 1 fully saturated rings. The van der Waals surface area contributed by atoms with Crippen molar-refractivity contribution < 1.29 is 9.84 Å².